The highest BCUT2D eigenvalue weighted by atomic mass is 19.4. The molecule has 0 aliphatic rings. The second-order valence-corrected chi connectivity index (χ2v) is 3.82. The molecule has 110 valence electrons. The number of hydrogen-bond acceptors (Lipinski definition) is 3. The molecule has 1 unspecified atom stereocenters. The average Bonchev–Trinajstić information content (AvgIpc) is 2.36. The van der Waals surface area contributed by atoms with Gasteiger partial charge >= 0.3 is 18.4 Å². The number of carbonyl (C=O) groups is 2. The van der Waals surface area contributed by atoms with Gasteiger partial charge in [-0.2, -0.15) is 0 Å². The quantitative estimate of drug-likeness (QED) is 0.371. The molecule has 4 nitrogen and oxygen atoms in total. The number of halogens is 4. The van der Waals surface area contributed by atoms with E-state index in [1.807, 2.05) is 0 Å². The van der Waals surface area contributed by atoms with Crippen LogP contribution in [0.1, 0.15) is 5.56 Å². The Hall–Kier alpha value is -2.12. The molecule has 8 heteroatoms. The summed E-state index contributed by atoms with van der Waals surface area (Å²) in [6.45, 7) is 0. The van der Waals surface area contributed by atoms with E-state index in [4.69, 9.17) is 0 Å². The second kappa shape index (κ2) is 6.36. The van der Waals surface area contributed by atoms with Crippen LogP contribution in [0.5, 0.6) is 0 Å². The number of hydrogen-bond donors (Lipinski definition) is 0. The first-order chi connectivity index (χ1) is 9.27. The average molecular weight is 293 g/mol. The number of ether oxygens (including phenoxy) is 1. The van der Waals surface area contributed by atoms with Crippen molar-refractivity contribution in [2.45, 2.75) is 18.8 Å². The third kappa shape index (κ3) is 3.94. The highest BCUT2D eigenvalue weighted by Crippen LogP contribution is 2.27. The first-order valence-electron chi connectivity index (χ1n) is 5.44. The fraction of sp³-hybridized carbons (Fsp3) is 0.333. The number of esters is 1. The molecule has 1 rings (SSSR count). The van der Waals surface area contributed by atoms with E-state index in [9.17, 15) is 27.2 Å². The summed E-state index contributed by atoms with van der Waals surface area (Å²) in [5.74, 6) is -1.35. The van der Waals surface area contributed by atoms with E-state index < -0.39 is 35.8 Å². The minimum Gasteiger partial charge on any atom is -0.467 e. The minimum atomic E-state index is -5.32. The molecule has 1 amide bonds. The van der Waals surface area contributed by atoms with Gasteiger partial charge in [0.15, 0.2) is 0 Å². The highest BCUT2D eigenvalue weighted by molar-refractivity contribution is 5.81. The molecule has 20 heavy (non-hydrogen) atoms. The summed E-state index contributed by atoms with van der Waals surface area (Å²) in [6, 6.07) is 5.50. The van der Waals surface area contributed by atoms with Crippen molar-refractivity contribution in [1.29, 1.82) is 0 Å². The van der Waals surface area contributed by atoms with Crippen LogP contribution in [0.25, 0.3) is 0 Å². The Balaban J connectivity index is 3.11. The van der Waals surface area contributed by atoms with Crippen molar-refractivity contribution in [3.8, 4) is 0 Å². The number of amides is 1. The second-order valence-electron chi connectivity index (χ2n) is 3.82. The SMILES string of the molecule is COC(=O)C(Cc1ccccc1)N(C(=O)F)C(F)(F)F. The van der Waals surface area contributed by atoms with E-state index in [-0.39, 0.29) is 0 Å². The molecule has 0 aliphatic heterocycles. The van der Waals surface area contributed by atoms with E-state index >= 15 is 0 Å². The maximum atomic E-state index is 12.7. The summed E-state index contributed by atoms with van der Waals surface area (Å²) < 4.78 is 54.9. The van der Waals surface area contributed by atoms with Gasteiger partial charge in [0.1, 0.15) is 6.04 Å². The van der Waals surface area contributed by atoms with Crippen molar-refractivity contribution in [3.63, 3.8) is 0 Å². The van der Waals surface area contributed by atoms with Gasteiger partial charge in [0.2, 0.25) is 0 Å². The molecule has 1 atom stereocenters. The molecule has 0 spiro atoms. The molecule has 0 N–H and O–H groups in total. The molecule has 0 heterocycles. The van der Waals surface area contributed by atoms with Gasteiger partial charge < -0.3 is 4.74 Å². The monoisotopic (exact) mass is 293 g/mol. The lowest BCUT2D eigenvalue weighted by Gasteiger charge is -2.28. The van der Waals surface area contributed by atoms with Crippen molar-refractivity contribution in [1.82, 2.24) is 4.90 Å². The predicted octanol–water partition coefficient (Wildman–Crippen LogP) is 2.68. The Morgan fingerprint density at radius 2 is 1.80 bits per heavy atom. The van der Waals surface area contributed by atoms with Gasteiger partial charge in [0.25, 0.3) is 0 Å². The van der Waals surface area contributed by atoms with E-state index in [0.717, 1.165) is 7.11 Å². The largest absolute Gasteiger partial charge is 0.489 e. The molecule has 0 radical (unpaired) electrons. The Morgan fingerprint density at radius 1 is 1.25 bits per heavy atom. The topological polar surface area (TPSA) is 46.6 Å². The van der Waals surface area contributed by atoms with Gasteiger partial charge in [-0.1, -0.05) is 30.3 Å². The molecular weight excluding hydrogens is 282 g/mol. The zero-order valence-electron chi connectivity index (χ0n) is 10.4. The summed E-state index contributed by atoms with van der Waals surface area (Å²) in [5.41, 5.74) is 0.332. The maximum absolute atomic E-state index is 12.7. The van der Waals surface area contributed by atoms with Gasteiger partial charge in [-0.3, -0.25) is 0 Å². The normalized spacial score (nSPS) is 12.7. The smallest absolute Gasteiger partial charge is 0.467 e. The molecule has 1 aromatic carbocycles. The molecule has 0 aliphatic carbocycles. The molecule has 0 saturated carbocycles. The number of rotatable bonds is 4. The van der Waals surface area contributed by atoms with Crippen LogP contribution in [-0.2, 0) is 16.0 Å². The van der Waals surface area contributed by atoms with Crippen LogP contribution in [0.4, 0.5) is 22.4 Å². The number of benzene rings is 1. The van der Waals surface area contributed by atoms with Gasteiger partial charge in [0, 0.05) is 6.42 Å². The predicted molar refractivity (Wildman–Crippen MR) is 60.3 cm³/mol. The van der Waals surface area contributed by atoms with Crippen LogP contribution in [-0.4, -0.2) is 36.5 Å². The van der Waals surface area contributed by atoms with Gasteiger partial charge in [-0.05, 0) is 5.56 Å². The van der Waals surface area contributed by atoms with Crippen molar-refractivity contribution in [3.05, 3.63) is 35.9 Å². The van der Waals surface area contributed by atoms with Crippen LogP contribution in [0.15, 0.2) is 30.3 Å². The fourth-order valence-corrected chi connectivity index (χ4v) is 1.65. The number of alkyl halides is 3. The van der Waals surface area contributed by atoms with Gasteiger partial charge in [0.05, 0.1) is 7.11 Å². The van der Waals surface area contributed by atoms with E-state index in [1.165, 1.54) is 12.1 Å². The van der Waals surface area contributed by atoms with Gasteiger partial charge in [-0.15, -0.1) is 17.6 Å². The molecule has 0 fully saturated rings. The lowest BCUT2D eigenvalue weighted by Crippen LogP contribution is -2.52. The summed E-state index contributed by atoms with van der Waals surface area (Å²) in [5, 5.41) is 0. The Bertz CT molecular complexity index is 475. The van der Waals surface area contributed by atoms with Crippen LogP contribution in [0.2, 0.25) is 0 Å². The van der Waals surface area contributed by atoms with Crippen molar-refractivity contribution in [2.24, 2.45) is 0 Å². The Kier molecular flexibility index (Phi) is 5.06. The van der Waals surface area contributed by atoms with Crippen LogP contribution in [0.3, 0.4) is 0 Å². The van der Waals surface area contributed by atoms with Gasteiger partial charge in [-0.25, -0.2) is 14.5 Å². The lowest BCUT2D eigenvalue weighted by molar-refractivity contribution is -0.240. The van der Waals surface area contributed by atoms with E-state index in [0.29, 0.717) is 5.56 Å². The van der Waals surface area contributed by atoms with Crippen LogP contribution < -0.4 is 0 Å². The standard InChI is InChI=1S/C12H11F4NO3/c1-20-10(18)9(7-8-5-3-2-4-6-8)17(11(13)19)12(14,15)16/h2-6,9H,7H2,1H3. The summed E-state index contributed by atoms with van der Waals surface area (Å²) in [7, 11) is 0.859. The first kappa shape index (κ1) is 15.9. The highest BCUT2D eigenvalue weighted by Gasteiger charge is 2.49. The zero-order valence-corrected chi connectivity index (χ0v) is 10.4. The third-order valence-electron chi connectivity index (χ3n) is 2.52. The zero-order chi connectivity index (χ0) is 15.3. The van der Waals surface area contributed by atoms with E-state index in [2.05, 4.69) is 4.74 Å². The molecule has 1 aromatic rings. The maximum Gasteiger partial charge on any atom is 0.489 e. The third-order valence-corrected chi connectivity index (χ3v) is 2.52. The van der Waals surface area contributed by atoms with Crippen molar-refractivity contribution in [2.75, 3.05) is 7.11 Å². The molecule has 0 aromatic heterocycles. The Labute approximate surface area is 111 Å². The summed E-state index contributed by atoms with van der Waals surface area (Å²) >= 11 is 0. The minimum absolute atomic E-state index is 0.332. The van der Waals surface area contributed by atoms with Crippen LogP contribution in [0, 0.1) is 0 Å². The summed E-state index contributed by atoms with van der Waals surface area (Å²) in [4.78, 5) is 20.9. The first-order valence-corrected chi connectivity index (χ1v) is 5.44. The number of carbonyl (C=O) groups excluding carboxylic acids is 2. The number of methoxy groups -OCH3 is 1. The number of nitrogens with zero attached hydrogens (tertiary/aromatic N) is 1. The van der Waals surface area contributed by atoms with Crippen LogP contribution >= 0.6 is 0 Å². The molecule has 0 saturated heterocycles. The van der Waals surface area contributed by atoms with Crippen molar-refractivity contribution >= 4 is 12.1 Å². The lowest BCUT2D eigenvalue weighted by atomic mass is 10.1. The van der Waals surface area contributed by atoms with E-state index in [1.54, 1.807) is 18.2 Å². The molecule has 0 bridgehead atoms. The Morgan fingerprint density at radius 3 is 2.20 bits per heavy atom. The fourth-order valence-electron chi connectivity index (χ4n) is 1.65. The van der Waals surface area contributed by atoms with Crippen molar-refractivity contribution < 1.29 is 31.9 Å². The summed E-state index contributed by atoms with van der Waals surface area (Å²) in [6.07, 6.45) is -8.59. The molecular formula is C12H11F4NO3.